The Morgan fingerprint density at radius 3 is 2.71 bits per heavy atom. The number of amides is 3. The normalized spacial score (nSPS) is 19.2. The minimum absolute atomic E-state index is 0.0368. The van der Waals surface area contributed by atoms with E-state index in [0.29, 0.717) is 54.3 Å². The molecule has 2 aromatic carbocycles. The molecule has 0 unspecified atom stereocenters. The van der Waals surface area contributed by atoms with Gasteiger partial charge < -0.3 is 5.11 Å². The third kappa shape index (κ3) is 6.01. The molecule has 3 amide bonds. The average Bonchev–Trinajstić information content (AvgIpc) is 3.37. The molecule has 8 nitrogen and oxygen atoms in total. The topological polar surface area (TPSA) is 107 Å². The first-order valence-electron chi connectivity index (χ1n) is 12.1. The molecule has 12 heteroatoms. The summed E-state index contributed by atoms with van der Waals surface area (Å²) in [4.78, 5) is 53.3. The van der Waals surface area contributed by atoms with Crippen LogP contribution in [0.1, 0.15) is 24.8 Å². The number of nitrogens with zero attached hydrogens (tertiary/aromatic N) is 2. The molecule has 0 saturated carbocycles. The van der Waals surface area contributed by atoms with E-state index in [-0.39, 0.29) is 10.8 Å². The molecule has 3 heterocycles. The fourth-order valence-electron chi connectivity index (χ4n) is 4.32. The molecule has 2 aromatic rings. The Balaban J connectivity index is 1.29. The number of thioether (sulfide) groups is 2. The van der Waals surface area contributed by atoms with Crippen molar-refractivity contribution in [1.29, 1.82) is 0 Å². The van der Waals surface area contributed by atoms with Crippen LogP contribution in [0.5, 0.6) is 0 Å². The molecule has 3 aliphatic heterocycles. The van der Waals surface area contributed by atoms with Crippen molar-refractivity contribution in [1.82, 2.24) is 4.90 Å². The summed E-state index contributed by atoms with van der Waals surface area (Å²) >= 11 is 3.15. The van der Waals surface area contributed by atoms with Crippen molar-refractivity contribution in [3.8, 4) is 0 Å². The zero-order valence-corrected chi connectivity index (χ0v) is 25.4. The van der Waals surface area contributed by atoms with Crippen LogP contribution >= 0.6 is 23.5 Å². The van der Waals surface area contributed by atoms with Crippen molar-refractivity contribution in [3.05, 3.63) is 58.0 Å². The Labute approximate surface area is 241 Å². The predicted octanol–water partition coefficient (Wildman–Crippen LogP) is 3.74. The van der Waals surface area contributed by atoms with Crippen molar-refractivity contribution in [2.24, 2.45) is 0 Å². The quantitative estimate of drug-likeness (QED) is 0.337. The zero-order valence-electron chi connectivity index (χ0n) is 20.3. The van der Waals surface area contributed by atoms with E-state index in [2.05, 4.69) is 11.4 Å². The summed E-state index contributed by atoms with van der Waals surface area (Å²) in [5.41, 5.74) is 3.24. The number of carboxylic acid groups (broad SMARTS) is 1. The molecule has 0 atom stereocenters. The van der Waals surface area contributed by atoms with E-state index in [0.717, 1.165) is 38.3 Å². The van der Waals surface area contributed by atoms with Crippen LogP contribution in [-0.2, 0) is 19.7 Å². The third-order valence-electron chi connectivity index (χ3n) is 6.04. The molecule has 198 valence electrons. The monoisotopic (exact) mass is 683 g/mol. The first-order chi connectivity index (χ1) is 18.4. The van der Waals surface area contributed by atoms with Gasteiger partial charge in [0.2, 0.25) is 0 Å². The van der Waals surface area contributed by atoms with Crippen LogP contribution in [-0.4, -0.2) is 76.0 Å². The molecule has 3 aliphatic rings. The standard InChI is InChI=1S/C26H25N3O5S2Se2/c30-20(27-17-7-3-6-16-15-37-12-5-13-38-23(16)17)10-4-11-28-18-8-1-2-9-19(18)35-25(28)22-24(33)29(14-21(31)32)26(34)36-22/h1-3,6-9H,4-5,10-15H2,(H,27,30)(H,31,32)/b25-22-. The first-order valence-corrected chi connectivity index (χ1v) is 18.2. The summed E-state index contributed by atoms with van der Waals surface area (Å²) < 4.78 is 1.33. The Kier molecular flexibility index (Phi) is 8.87. The molecular formula is C26H25N3O5S2Se2. The van der Waals surface area contributed by atoms with Crippen molar-refractivity contribution >= 4 is 92.3 Å². The van der Waals surface area contributed by atoms with Gasteiger partial charge in [-0.25, -0.2) is 0 Å². The van der Waals surface area contributed by atoms with Crippen molar-refractivity contribution < 1.29 is 24.3 Å². The number of nitrogens with one attached hydrogen (secondary N) is 1. The van der Waals surface area contributed by atoms with E-state index in [1.165, 1.54) is 38.8 Å². The van der Waals surface area contributed by atoms with Gasteiger partial charge in [-0.15, -0.1) is 0 Å². The number of carbonyl (C=O) groups is 4. The number of hydrogen-bond donors (Lipinski definition) is 2. The molecule has 2 N–H and O–H groups in total. The molecule has 0 bridgehead atoms. The van der Waals surface area contributed by atoms with Gasteiger partial charge in [-0.2, -0.15) is 0 Å². The Hall–Kier alpha value is -2.20. The van der Waals surface area contributed by atoms with E-state index >= 15 is 0 Å². The van der Waals surface area contributed by atoms with Crippen LogP contribution in [0.3, 0.4) is 0 Å². The van der Waals surface area contributed by atoms with E-state index in [9.17, 15) is 19.2 Å². The Morgan fingerprint density at radius 1 is 1.03 bits per heavy atom. The van der Waals surface area contributed by atoms with Crippen molar-refractivity contribution in [2.75, 3.05) is 23.3 Å². The van der Waals surface area contributed by atoms with Crippen molar-refractivity contribution in [2.45, 2.75) is 40.1 Å². The van der Waals surface area contributed by atoms with Gasteiger partial charge in [0.15, 0.2) is 0 Å². The molecular weight excluding hydrogens is 656 g/mol. The molecule has 5 rings (SSSR count). The number of carboxylic acids is 1. The second kappa shape index (κ2) is 12.3. The second-order valence-electron chi connectivity index (χ2n) is 8.71. The molecule has 1 saturated heterocycles. The van der Waals surface area contributed by atoms with Crippen LogP contribution in [0.4, 0.5) is 16.2 Å². The number of carbonyl (C=O) groups excluding carboxylic acids is 3. The predicted molar refractivity (Wildman–Crippen MR) is 152 cm³/mol. The van der Waals surface area contributed by atoms with E-state index in [4.69, 9.17) is 5.11 Å². The summed E-state index contributed by atoms with van der Waals surface area (Å²) in [6.07, 6.45) is 2.14. The second-order valence-corrected chi connectivity index (χ2v) is 15.3. The zero-order chi connectivity index (χ0) is 26.6. The van der Waals surface area contributed by atoms with E-state index in [1.807, 2.05) is 41.3 Å². The first kappa shape index (κ1) is 27.4. The van der Waals surface area contributed by atoms with E-state index < -0.39 is 23.7 Å². The van der Waals surface area contributed by atoms with Gasteiger partial charge in [0.05, 0.1) is 0 Å². The van der Waals surface area contributed by atoms with Gasteiger partial charge in [0.25, 0.3) is 0 Å². The fraction of sp³-hybridized carbons (Fsp3) is 0.308. The maximum atomic E-state index is 12.9. The van der Waals surface area contributed by atoms with Gasteiger partial charge in [-0.3, -0.25) is 9.59 Å². The molecule has 38 heavy (non-hydrogen) atoms. The number of benzene rings is 2. The van der Waals surface area contributed by atoms with Gasteiger partial charge >= 0.3 is 222 Å². The number of rotatable bonds is 7. The van der Waals surface area contributed by atoms with Crippen LogP contribution in [0.2, 0.25) is 10.6 Å². The summed E-state index contributed by atoms with van der Waals surface area (Å²) in [5, 5.41) is 15.9. The Morgan fingerprint density at radius 2 is 1.87 bits per heavy atom. The summed E-state index contributed by atoms with van der Waals surface area (Å²) in [7, 11) is 0. The minimum atomic E-state index is -1.24. The van der Waals surface area contributed by atoms with Gasteiger partial charge in [0.1, 0.15) is 6.54 Å². The fourth-order valence-corrected chi connectivity index (χ4v) is 12.2. The SMILES string of the molecule is O=C(O)CN1C(=O)S/C(=C2\Sc3ccccc3N2CCCC(=O)Nc2cccc3c2[Se]CCC[Se]C3)C1=O. The molecule has 0 spiro atoms. The van der Waals surface area contributed by atoms with E-state index in [1.54, 1.807) is 0 Å². The number of imide groups is 1. The number of aliphatic carboxylic acids is 1. The molecule has 0 aliphatic carbocycles. The number of para-hydroxylation sites is 1. The molecule has 0 radical (unpaired) electrons. The summed E-state index contributed by atoms with van der Waals surface area (Å²) in [6, 6.07) is 13.9. The van der Waals surface area contributed by atoms with Gasteiger partial charge in [-0.1, -0.05) is 0 Å². The van der Waals surface area contributed by atoms with Gasteiger partial charge in [-0.05, 0) is 0 Å². The molecule has 0 aromatic heterocycles. The summed E-state index contributed by atoms with van der Waals surface area (Å²) in [6.45, 7) is -0.179. The number of hydrogen-bond acceptors (Lipinski definition) is 7. The Bertz CT molecular complexity index is 1340. The van der Waals surface area contributed by atoms with Crippen LogP contribution in [0.25, 0.3) is 0 Å². The summed E-state index contributed by atoms with van der Waals surface area (Å²) in [5.74, 6) is -1.87. The maximum absolute atomic E-state index is 12.9. The third-order valence-corrected chi connectivity index (χ3v) is 13.3. The number of fused-ring (bicyclic) bond motifs is 2. The van der Waals surface area contributed by atoms with Crippen LogP contribution in [0.15, 0.2) is 57.3 Å². The van der Waals surface area contributed by atoms with Crippen LogP contribution < -0.4 is 14.7 Å². The van der Waals surface area contributed by atoms with Gasteiger partial charge in [0, 0.05) is 0 Å². The molecule has 1 fully saturated rings. The number of anilines is 2. The average molecular weight is 682 g/mol. The van der Waals surface area contributed by atoms with Crippen LogP contribution in [0, 0.1) is 0 Å². The van der Waals surface area contributed by atoms with Crippen molar-refractivity contribution in [3.63, 3.8) is 0 Å².